The van der Waals surface area contributed by atoms with Gasteiger partial charge in [0.1, 0.15) is 0 Å². The highest BCUT2D eigenvalue weighted by atomic mass is 35.5. The molecule has 0 heterocycles. The van der Waals surface area contributed by atoms with Crippen LogP contribution in [0.1, 0.15) is 37.7 Å². The highest BCUT2D eigenvalue weighted by molar-refractivity contribution is 6.30. The SMILES string of the molecule is CNC(CC1=CCCCC1)Cc1ccc(Cl)cc1. The van der Waals surface area contributed by atoms with Gasteiger partial charge in [-0.05, 0) is 63.3 Å². The third-order valence-electron chi connectivity index (χ3n) is 3.70. The van der Waals surface area contributed by atoms with Gasteiger partial charge in [-0.2, -0.15) is 0 Å². The van der Waals surface area contributed by atoms with Crippen LogP contribution in [-0.2, 0) is 6.42 Å². The molecule has 0 saturated heterocycles. The van der Waals surface area contributed by atoms with Crippen LogP contribution in [0.25, 0.3) is 0 Å². The van der Waals surface area contributed by atoms with Gasteiger partial charge in [0.2, 0.25) is 0 Å². The van der Waals surface area contributed by atoms with Gasteiger partial charge in [0, 0.05) is 11.1 Å². The average molecular weight is 264 g/mol. The molecular weight excluding hydrogens is 242 g/mol. The molecule has 0 saturated carbocycles. The van der Waals surface area contributed by atoms with Crippen molar-refractivity contribution in [2.75, 3.05) is 7.05 Å². The number of hydrogen-bond donors (Lipinski definition) is 1. The van der Waals surface area contributed by atoms with E-state index in [-0.39, 0.29) is 0 Å². The largest absolute Gasteiger partial charge is 0.316 e. The number of hydrogen-bond acceptors (Lipinski definition) is 1. The van der Waals surface area contributed by atoms with Gasteiger partial charge < -0.3 is 5.32 Å². The highest BCUT2D eigenvalue weighted by Gasteiger charge is 2.11. The number of nitrogens with one attached hydrogen (secondary N) is 1. The summed E-state index contributed by atoms with van der Waals surface area (Å²) in [7, 11) is 2.06. The first kappa shape index (κ1) is 13.6. The summed E-state index contributed by atoms with van der Waals surface area (Å²) in [5.74, 6) is 0. The second-order valence-corrected chi connectivity index (χ2v) is 5.56. The van der Waals surface area contributed by atoms with E-state index in [0.717, 1.165) is 11.4 Å². The Bertz CT molecular complexity index is 394. The van der Waals surface area contributed by atoms with Gasteiger partial charge in [0.05, 0.1) is 0 Å². The second-order valence-electron chi connectivity index (χ2n) is 5.13. The minimum Gasteiger partial charge on any atom is -0.316 e. The molecule has 0 radical (unpaired) electrons. The van der Waals surface area contributed by atoms with E-state index in [4.69, 9.17) is 11.6 Å². The van der Waals surface area contributed by atoms with Crippen molar-refractivity contribution in [2.24, 2.45) is 0 Å². The molecule has 0 bridgehead atoms. The number of rotatable bonds is 5. The lowest BCUT2D eigenvalue weighted by Gasteiger charge is -2.20. The molecule has 0 aromatic heterocycles. The summed E-state index contributed by atoms with van der Waals surface area (Å²) in [4.78, 5) is 0. The van der Waals surface area contributed by atoms with Crippen LogP contribution in [0.2, 0.25) is 5.02 Å². The zero-order valence-corrected chi connectivity index (χ0v) is 11.8. The molecule has 1 N–H and O–H groups in total. The summed E-state index contributed by atoms with van der Waals surface area (Å²) < 4.78 is 0. The van der Waals surface area contributed by atoms with Crippen molar-refractivity contribution >= 4 is 11.6 Å². The molecule has 1 aromatic carbocycles. The number of allylic oxidation sites excluding steroid dienone is 1. The second kappa shape index (κ2) is 6.96. The van der Waals surface area contributed by atoms with Crippen LogP contribution in [-0.4, -0.2) is 13.1 Å². The highest BCUT2D eigenvalue weighted by Crippen LogP contribution is 2.22. The zero-order valence-electron chi connectivity index (χ0n) is 11.1. The molecule has 1 aliphatic rings. The number of likely N-dealkylation sites (N-methyl/N-ethyl adjacent to an activating group) is 1. The normalized spacial score (nSPS) is 17.3. The van der Waals surface area contributed by atoms with E-state index in [1.807, 2.05) is 12.1 Å². The maximum atomic E-state index is 5.91. The summed E-state index contributed by atoms with van der Waals surface area (Å²) in [6, 6.07) is 8.74. The van der Waals surface area contributed by atoms with Crippen LogP contribution < -0.4 is 5.32 Å². The number of benzene rings is 1. The summed E-state index contributed by atoms with van der Waals surface area (Å²) in [6.07, 6.45) is 9.99. The third-order valence-corrected chi connectivity index (χ3v) is 3.95. The van der Waals surface area contributed by atoms with Crippen LogP contribution in [0.3, 0.4) is 0 Å². The molecule has 0 fully saturated rings. The molecule has 18 heavy (non-hydrogen) atoms. The van der Waals surface area contributed by atoms with Crippen molar-refractivity contribution in [3.05, 3.63) is 46.5 Å². The molecule has 1 aromatic rings. The molecular formula is C16H22ClN. The van der Waals surface area contributed by atoms with E-state index in [1.165, 1.54) is 37.7 Å². The Hall–Kier alpha value is -0.790. The van der Waals surface area contributed by atoms with E-state index in [0.29, 0.717) is 6.04 Å². The van der Waals surface area contributed by atoms with Gasteiger partial charge in [-0.15, -0.1) is 0 Å². The Morgan fingerprint density at radius 2 is 1.94 bits per heavy atom. The Balaban J connectivity index is 1.92. The minimum absolute atomic E-state index is 0.538. The topological polar surface area (TPSA) is 12.0 Å². The first-order valence-corrected chi connectivity index (χ1v) is 7.25. The Labute approximate surface area is 115 Å². The van der Waals surface area contributed by atoms with Crippen LogP contribution in [0.4, 0.5) is 0 Å². The molecule has 1 aliphatic carbocycles. The van der Waals surface area contributed by atoms with Crippen LogP contribution in [0.15, 0.2) is 35.9 Å². The fourth-order valence-electron chi connectivity index (χ4n) is 2.59. The minimum atomic E-state index is 0.538. The van der Waals surface area contributed by atoms with Gasteiger partial charge in [0.15, 0.2) is 0 Å². The molecule has 0 aliphatic heterocycles. The lowest BCUT2D eigenvalue weighted by molar-refractivity contribution is 0.532. The molecule has 98 valence electrons. The zero-order chi connectivity index (χ0) is 12.8. The fourth-order valence-corrected chi connectivity index (χ4v) is 2.71. The van der Waals surface area contributed by atoms with Gasteiger partial charge in [-0.3, -0.25) is 0 Å². The number of halogens is 1. The molecule has 2 heteroatoms. The van der Waals surface area contributed by atoms with Crippen molar-refractivity contribution in [3.63, 3.8) is 0 Å². The van der Waals surface area contributed by atoms with E-state index in [2.05, 4.69) is 30.6 Å². The predicted molar refractivity (Wildman–Crippen MR) is 79.2 cm³/mol. The summed E-state index contributed by atoms with van der Waals surface area (Å²) in [5, 5.41) is 4.25. The smallest absolute Gasteiger partial charge is 0.0406 e. The van der Waals surface area contributed by atoms with Gasteiger partial charge >= 0.3 is 0 Å². The Morgan fingerprint density at radius 3 is 2.56 bits per heavy atom. The van der Waals surface area contributed by atoms with Crippen LogP contribution in [0, 0.1) is 0 Å². The van der Waals surface area contributed by atoms with Crippen LogP contribution >= 0.6 is 11.6 Å². The maximum Gasteiger partial charge on any atom is 0.0406 e. The molecule has 2 rings (SSSR count). The molecule has 1 nitrogen and oxygen atoms in total. The van der Waals surface area contributed by atoms with E-state index in [1.54, 1.807) is 5.57 Å². The molecule has 1 atom stereocenters. The standard InChI is InChI=1S/C16H22ClN/c1-18-16(11-13-5-3-2-4-6-13)12-14-7-9-15(17)10-8-14/h5,7-10,16,18H,2-4,6,11-12H2,1H3. The Kier molecular flexibility index (Phi) is 5.27. The van der Waals surface area contributed by atoms with Crippen molar-refractivity contribution in [2.45, 2.75) is 44.6 Å². The fraction of sp³-hybridized carbons (Fsp3) is 0.500. The van der Waals surface area contributed by atoms with Crippen molar-refractivity contribution in [1.82, 2.24) is 5.32 Å². The monoisotopic (exact) mass is 263 g/mol. The predicted octanol–water partition coefficient (Wildman–Crippen LogP) is 4.36. The summed E-state index contributed by atoms with van der Waals surface area (Å²) >= 11 is 5.91. The van der Waals surface area contributed by atoms with E-state index in [9.17, 15) is 0 Å². The first-order valence-electron chi connectivity index (χ1n) is 6.87. The summed E-state index contributed by atoms with van der Waals surface area (Å²) in [6.45, 7) is 0. The van der Waals surface area contributed by atoms with Crippen molar-refractivity contribution < 1.29 is 0 Å². The molecule has 0 amide bonds. The molecule has 1 unspecified atom stereocenters. The van der Waals surface area contributed by atoms with Gasteiger partial charge in [-0.1, -0.05) is 35.4 Å². The van der Waals surface area contributed by atoms with Crippen molar-refractivity contribution in [1.29, 1.82) is 0 Å². The van der Waals surface area contributed by atoms with E-state index >= 15 is 0 Å². The Morgan fingerprint density at radius 1 is 1.17 bits per heavy atom. The van der Waals surface area contributed by atoms with E-state index < -0.39 is 0 Å². The lowest BCUT2D eigenvalue weighted by atomic mass is 9.92. The maximum absolute atomic E-state index is 5.91. The van der Waals surface area contributed by atoms with Gasteiger partial charge in [-0.25, -0.2) is 0 Å². The summed E-state index contributed by atoms with van der Waals surface area (Å²) in [5.41, 5.74) is 2.99. The van der Waals surface area contributed by atoms with Gasteiger partial charge in [0.25, 0.3) is 0 Å². The third kappa shape index (κ3) is 4.15. The first-order chi connectivity index (χ1) is 8.78. The molecule has 0 spiro atoms. The van der Waals surface area contributed by atoms with Crippen LogP contribution in [0.5, 0.6) is 0 Å². The average Bonchev–Trinajstić information content (AvgIpc) is 2.41. The quantitative estimate of drug-likeness (QED) is 0.779. The van der Waals surface area contributed by atoms with Crippen molar-refractivity contribution in [3.8, 4) is 0 Å². The lowest BCUT2D eigenvalue weighted by Crippen LogP contribution is -2.28.